The number of hydrogen-bond acceptors (Lipinski definition) is 2. The Morgan fingerprint density at radius 2 is 2.06 bits per heavy atom. The number of nitrogens with one attached hydrogen (secondary N) is 1. The molecule has 2 nitrogen and oxygen atoms in total. The monoisotopic (exact) mass is 227 g/mol. The Bertz CT molecular complexity index is 191. The zero-order chi connectivity index (χ0) is 12.0. The largest absolute Gasteiger partial charge is 0.382 e. The van der Waals surface area contributed by atoms with Crippen LogP contribution in [0.4, 0.5) is 0 Å². The van der Waals surface area contributed by atoms with Crippen molar-refractivity contribution in [2.45, 2.75) is 59.4 Å². The average Bonchev–Trinajstić information content (AvgIpc) is 2.14. The van der Waals surface area contributed by atoms with Gasteiger partial charge in [0.15, 0.2) is 0 Å². The van der Waals surface area contributed by atoms with E-state index in [4.69, 9.17) is 4.74 Å². The Labute approximate surface area is 101 Å². The Kier molecular flexibility index (Phi) is 5.77. The van der Waals surface area contributed by atoms with Crippen molar-refractivity contribution >= 4 is 0 Å². The van der Waals surface area contributed by atoms with Crippen molar-refractivity contribution in [2.75, 3.05) is 19.8 Å². The van der Waals surface area contributed by atoms with Crippen LogP contribution in [-0.2, 0) is 4.74 Å². The summed E-state index contributed by atoms with van der Waals surface area (Å²) in [6.07, 6.45) is 5.19. The Morgan fingerprint density at radius 3 is 2.69 bits per heavy atom. The highest BCUT2D eigenvalue weighted by Crippen LogP contribution is 2.38. The van der Waals surface area contributed by atoms with E-state index in [0.29, 0.717) is 5.41 Å². The first kappa shape index (κ1) is 14.0. The van der Waals surface area contributed by atoms with E-state index < -0.39 is 0 Å². The molecule has 0 spiro atoms. The van der Waals surface area contributed by atoms with Crippen LogP contribution in [0.5, 0.6) is 0 Å². The van der Waals surface area contributed by atoms with Crippen LogP contribution >= 0.6 is 0 Å². The van der Waals surface area contributed by atoms with E-state index in [2.05, 4.69) is 33.0 Å². The molecular weight excluding hydrogens is 198 g/mol. The van der Waals surface area contributed by atoms with Crippen LogP contribution in [0.3, 0.4) is 0 Å². The van der Waals surface area contributed by atoms with Gasteiger partial charge in [-0.1, -0.05) is 20.8 Å². The van der Waals surface area contributed by atoms with E-state index in [9.17, 15) is 0 Å². The molecule has 0 bridgehead atoms. The van der Waals surface area contributed by atoms with Gasteiger partial charge in [0.25, 0.3) is 0 Å². The zero-order valence-electron chi connectivity index (χ0n) is 11.5. The van der Waals surface area contributed by atoms with Crippen molar-refractivity contribution < 1.29 is 4.74 Å². The van der Waals surface area contributed by atoms with Crippen molar-refractivity contribution in [3.63, 3.8) is 0 Å². The molecule has 1 aliphatic carbocycles. The summed E-state index contributed by atoms with van der Waals surface area (Å²) in [4.78, 5) is 0. The summed E-state index contributed by atoms with van der Waals surface area (Å²) in [5, 5.41) is 3.69. The third-order valence-corrected chi connectivity index (χ3v) is 3.49. The Morgan fingerprint density at radius 1 is 1.31 bits per heavy atom. The summed E-state index contributed by atoms with van der Waals surface area (Å²) in [6.45, 7) is 12.1. The Hall–Kier alpha value is -0.0800. The van der Waals surface area contributed by atoms with Gasteiger partial charge in [0, 0.05) is 19.3 Å². The zero-order valence-corrected chi connectivity index (χ0v) is 11.5. The summed E-state index contributed by atoms with van der Waals surface area (Å²) in [5.74, 6) is 0.869. The number of ether oxygens (including phenoxy) is 1. The molecule has 0 heterocycles. The van der Waals surface area contributed by atoms with Crippen LogP contribution < -0.4 is 5.32 Å². The summed E-state index contributed by atoms with van der Waals surface area (Å²) in [6, 6.07) is 0.723. The van der Waals surface area contributed by atoms with Gasteiger partial charge < -0.3 is 10.1 Å². The summed E-state index contributed by atoms with van der Waals surface area (Å²) in [7, 11) is 0. The van der Waals surface area contributed by atoms with Crippen molar-refractivity contribution in [3.05, 3.63) is 0 Å². The van der Waals surface area contributed by atoms with Crippen molar-refractivity contribution in [3.8, 4) is 0 Å². The third kappa shape index (κ3) is 5.31. The molecule has 1 N–H and O–H groups in total. The molecule has 2 atom stereocenters. The van der Waals surface area contributed by atoms with Crippen LogP contribution in [0.25, 0.3) is 0 Å². The van der Waals surface area contributed by atoms with Gasteiger partial charge in [-0.3, -0.25) is 0 Å². The van der Waals surface area contributed by atoms with Gasteiger partial charge in [-0.15, -0.1) is 0 Å². The van der Waals surface area contributed by atoms with Gasteiger partial charge in [-0.25, -0.2) is 0 Å². The van der Waals surface area contributed by atoms with Crippen molar-refractivity contribution in [1.82, 2.24) is 5.32 Å². The smallest absolute Gasteiger partial charge is 0.0477 e. The molecule has 1 rings (SSSR count). The van der Waals surface area contributed by atoms with Gasteiger partial charge in [-0.2, -0.15) is 0 Å². The minimum absolute atomic E-state index is 0.523. The fourth-order valence-corrected chi connectivity index (χ4v) is 3.13. The molecule has 96 valence electrons. The van der Waals surface area contributed by atoms with Gasteiger partial charge in [0.05, 0.1) is 0 Å². The fraction of sp³-hybridized carbons (Fsp3) is 1.00. The fourth-order valence-electron chi connectivity index (χ4n) is 3.13. The van der Waals surface area contributed by atoms with Gasteiger partial charge in [0.1, 0.15) is 0 Å². The molecule has 0 aliphatic heterocycles. The molecular formula is C14H29NO. The normalized spacial score (nSPS) is 29.2. The van der Waals surface area contributed by atoms with E-state index in [-0.39, 0.29) is 0 Å². The molecule has 0 unspecified atom stereocenters. The lowest BCUT2D eigenvalue weighted by molar-refractivity contribution is 0.133. The van der Waals surface area contributed by atoms with Crippen molar-refractivity contribution in [1.29, 1.82) is 0 Å². The highest BCUT2D eigenvalue weighted by molar-refractivity contribution is 4.86. The minimum Gasteiger partial charge on any atom is -0.382 e. The molecule has 0 aromatic carbocycles. The molecule has 1 saturated carbocycles. The molecule has 1 fully saturated rings. The second-order valence-corrected chi connectivity index (χ2v) is 6.11. The lowest BCUT2D eigenvalue weighted by Crippen LogP contribution is -2.40. The van der Waals surface area contributed by atoms with E-state index >= 15 is 0 Å². The molecule has 16 heavy (non-hydrogen) atoms. The molecule has 1 aliphatic rings. The predicted molar refractivity (Wildman–Crippen MR) is 69.7 cm³/mol. The highest BCUT2D eigenvalue weighted by atomic mass is 16.5. The maximum Gasteiger partial charge on any atom is 0.0477 e. The molecule has 0 amide bonds. The van der Waals surface area contributed by atoms with E-state index in [1.165, 1.54) is 19.3 Å². The lowest BCUT2D eigenvalue weighted by atomic mass is 9.70. The molecule has 0 aromatic rings. The van der Waals surface area contributed by atoms with Crippen LogP contribution in [0.15, 0.2) is 0 Å². The maximum atomic E-state index is 5.34. The SMILES string of the molecule is CCOCCCN[C@@H]1C[C@H](C)CC(C)(C)C1. The summed E-state index contributed by atoms with van der Waals surface area (Å²) >= 11 is 0. The first-order valence-electron chi connectivity index (χ1n) is 6.84. The number of rotatable bonds is 6. The standard InChI is InChI=1S/C14H29NO/c1-5-16-8-6-7-15-13-9-12(2)10-14(3,4)11-13/h12-13,15H,5-11H2,1-4H3/t12-,13+/m0/s1. The molecule has 0 aromatic heterocycles. The van der Waals surface area contributed by atoms with Crippen molar-refractivity contribution in [2.24, 2.45) is 11.3 Å². The lowest BCUT2D eigenvalue weighted by Gasteiger charge is -2.39. The predicted octanol–water partition coefficient (Wildman–Crippen LogP) is 3.22. The van der Waals surface area contributed by atoms with Crippen LogP contribution in [0.1, 0.15) is 53.4 Å². The van der Waals surface area contributed by atoms with E-state index in [1.807, 2.05) is 0 Å². The molecule has 0 saturated heterocycles. The van der Waals surface area contributed by atoms with E-state index in [0.717, 1.165) is 38.1 Å². The number of hydrogen-bond donors (Lipinski definition) is 1. The second-order valence-electron chi connectivity index (χ2n) is 6.11. The highest BCUT2D eigenvalue weighted by Gasteiger charge is 2.31. The first-order valence-corrected chi connectivity index (χ1v) is 6.84. The van der Waals surface area contributed by atoms with Crippen LogP contribution in [0.2, 0.25) is 0 Å². The van der Waals surface area contributed by atoms with Gasteiger partial charge in [0.2, 0.25) is 0 Å². The van der Waals surface area contributed by atoms with Gasteiger partial charge in [-0.05, 0) is 50.5 Å². The van der Waals surface area contributed by atoms with Crippen LogP contribution in [-0.4, -0.2) is 25.8 Å². The molecule has 2 heteroatoms. The third-order valence-electron chi connectivity index (χ3n) is 3.49. The summed E-state index contributed by atoms with van der Waals surface area (Å²) < 4.78 is 5.34. The average molecular weight is 227 g/mol. The minimum atomic E-state index is 0.523. The van der Waals surface area contributed by atoms with E-state index in [1.54, 1.807) is 0 Å². The topological polar surface area (TPSA) is 21.3 Å². The summed E-state index contributed by atoms with van der Waals surface area (Å²) in [5.41, 5.74) is 0.523. The Balaban J connectivity index is 2.16. The second kappa shape index (κ2) is 6.61. The quantitative estimate of drug-likeness (QED) is 0.704. The molecule has 0 radical (unpaired) electrons. The van der Waals surface area contributed by atoms with Gasteiger partial charge >= 0.3 is 0 Å². The first-order chi connectivity index (χ1) is 7.53. The van der Waals surface area contributed by atoms with Crippen LogP contribution in [0, 0.1) is 11.3 Å². The maximum absolute atomic E-state index is 5.34.